The van der Waals surface area contributed by atoms with Gasteiger partial charge in [0.05, 0.1) is 22.7 Å². The largest absolute Gasteiger partial charge is 0.272 e. The van der Waals surface area contributed by atoms with Crippen LogP contribution in [0.2, 0.25) is 0 Å². The van der Waals surface area contributed by atoms with Gasteiger partial charge in [0, 0.05) is 12.4 Å². The van der Waals surface area contributed by atoms with Crippen LogP contribution in [0.3, 0.4) is 0 Å². The molecule has 19 heavy (non-hydrogen) atoms. The highest BCUT2D eigenvalue weighted by Crippen LogP contribution is 2.12. The number of rotatable bonds is 5. The van der Waals surface area contributed by atoms with Crippen LogP contribution in [0.5, 0.6) is 0 Å². The Morgan fingerprint density at radius 2 is 2.00 bits per heavy atom. The van der Waals surface area contributed by atoms with Crippen molar-refractivity contribution in [3.63, 3.8) is 0 Å². The van der Waals surface area contributed by atoms with E-state index in [4.69, 9.17) is 0 Å². The molecule has 0 saturated carbocycles. The summed E-state index contributed by atoms with van der Waals surface area (Å²) in [5.74, 6) is 0.0964. The van der Waals surface area contributed by atoms with E-state index < -0.39 is 0 Å². The molecule has 0 aliphatic heterocycles. The summed E-state index contributed by atoms with van der Waals surface area (Å²) in [6.07, 6.45) is 4.86. The van der Waals surface area contributed by atoms with E-state index in [-0.39, 0.29) is 11.7 Å². The third-order valence-electron chi connectivity index (χ3n) is 2.06. The highest BCUT2D eigenvalue weighted by Gasteiger charge is 2.01. The van der Waals surface area contributed by atoms with Gasteiger partial charge in [-0.15, -0.1) is 0 Å². The number of nitrogens with zero attached hydrogens (tertiary/aromatic N) is 3. The third kappa shape index (κ3) is 4.89. The SMILES string of the molecule is O=C(CSc1ccccn1)N/N=C\c1ccccn1. The van der Waals surface area contributed by atoms with Gasteiger partial charge in [0.1, 0.15) is 0 Å². The lowest BCUT2D eigenvalue weighted by molar-refractivity contribution is -0.118. The van der Waals surface area contributed by atoms with Crippen LogP contribution >= 0.6 is 11.8 Å². The Morgan fingerprint density at radius 1 is 1.21 bits per heavy atom. The van der Waals surface area contributed by atoms with Gasteiger partial charge in [-0.2, -0.15) is 5.10 Å². The highest BCUT2D eigenvalue weighted by atomic mass is 32.2. The van der Waals surface area contributed by atoms with Crippen molar-refractivity contribution in [2.75, 3.05) is 5.75 Å². The van der Waals surface area contributed by atoms with Crippen LogP contribution in [0.25, 0.3) is 0 Å². The molecule has 2 aromatic rings. The number of hydrogen-bond acceptors (Lipinski definition) is 5. The fraction of sp³-hybridized carbons (Fsp3) is 0.0769. The Hall–Kier alpha value is -2.21. The molecule has 0 fully saturated rings. The van der Waals surface area contributed by atoms with Gasteiger partial charge in [0.25, 0.3) is 0 Å². The minimum atomic E-state index is -0.178. The summed E-state index contributed by atoms with van der Waals surface area (Å²) >= 11 is 1.36. The van der Waals surface area contributed by atoms with E-state index in [1.54, 1.807) is 18.5 Å². The molecule has 0 atom stereocenters. The van der Waals surface area contributed by atoms with Gasteiger partial charge in [-0.25, -0.2) is 10.4 Å². The Morgan fingerprint density at radius 3 is 2.68 bits per heavy atom. The summed E-state index contributed by atoms with van der Waals surface area (Å²) in [6, 6.07) is 11.0. The molecule has 0 radical (unpaired) electrons. The van der Waals surface area contributed by atoms with Crippen LogP contribution in [0.1, 0.15) is 5.69 Å². The maximum Gasteiger partial charge on any atom is 0.250 e. The van der Waals surface area contributed by atoms with Crippen molar-refractivity contribution < 1.29 is 4.79 Å². The fourth-order valence-electron chi connectivity index (χ4n) is 1.23. The van der Waals surface area contributed by atoms with Crippen molar-refractivity contribution in [1.29, 1.82) is 0 Å². The quantitative estimate of drug-likeness (QED) is 0.511. The summed E-state index contributed by atoms with van der Waals surface area (Å²) < 4.78 is 0. The smallest absolute Gasteiger partial charge is 0.250 e. The number of pyridine rings is 2. The highest BCUT2D eigenvalue weighted by molar-refractivity contribution is 7.99. The first-order valence-corrected chi connectivity index (χ1v) is 6.60. The summed E-state index contributed by atoms with van der Waals surface area (Å²) in [5, 5.41) is 4.64. The Labute approximate surface area is 115 Å². The standard InChI is InChI=1S/C13H12N4OS/c18-12(10-19-13-6-2-4-8-15-13)17-16-9-11-5-1-3-7-14-11/h1-9H,10H2,(H,17,18)/b16-9-. The number of carbonyl (C=O) groups excluding carboxylic acids is 1. The second-order valence-corrected chi connectivity index (χ2v) is 4.50. The zero-order chi connectivity index (χ0) is 13.3. The molecule has 6 heteroatoms. The lowest BCUT2D eigenvalue weighted by Gasteiger charge is -1.99. The molecule has 2 heterocycles. The maximum absolute atomic E-state index is 11.5. The number of amides is 1. The minimum absolute atomic E-state index is 0.178. The van der Waals surface area contributed by atoms with Crippen LogP contribution in [-0.4, -0.2) is 27.8 Å². The molecule has 0 saturated heterocycles. The van der Waals surface area contributed by atoms with Gasteiger partial charge in [-0.05, 0) is 24.3 Å². The average molecular weight is 272 g/mol. The number of aromatic nitrogens is 2. The molecule has 0 bridgehead atoms. The summed E-state index contributed by atoms with van der Waals surface area (Å²) in [6.45, 7) is 0. The van der Waals surface area contributed by atoms with E-state index >= 15 is 0 Å². The predicted octanol–water partition coefficient (Wildman–Crippen LogP) is 1.72. The van der Waals surface area contributed by atoms with Crippen LogP contribution < -0.4 is 5.43 Å². The molecule has 0 aliphatic carbocycles. The van der Waals surface area contributed by atoms with E-state index in [1.165, 1.54) is 18.0 Å². The van der Waals surface area contributed by atoms with Gasteiger partial charge in [-0.3, -0.25) is 9.78 Å². The molecule has 1 N–H and O–H groups in total. The fourth-order valence-corrected chi connectivity index (χ4v) is 1.88. The van der Waals surface area contributed by atoms with Gasteiger partial charge in [0.2, 0.25) is 5.91 Å². The van der Waals surface area contributed by atoms with E-state index in [0.717, 1.165) is 5.03 Å². The zero-order valence-corrected chi connectivity index (χ0v) is 10.9. The van der Waals surface area contributed by atoms with Crippen molar-refractivity contribution in [2.24, 2.45) is 5.10 Å². The zero-order valence-electron chi connectivity index (χ0n) is 10.1. The molecule has 0 aromatic carbocycles. The molecule has 0 aliphatic rings. The van der Waals surface area contributed by atoms with Crippen molar-refractivity contribution >= 4 is 23.9 Å². The van der Waals surface area contributed by atoms with E-state index in [2.05, 4.69) is 20.5 Å². The lowest BCUT2D eigenvalue weighted by atomic mass is 10.4. The number of carbonyl (C=O) groups is 1. The summed E-state index contributed by atoms with van der Waals surface area (Å²) in [7, 11) is 0. The number of hydrogen-bond donors (Lipinski definition) is 1. The van der Waals surface area contributed by atoms with Crippen molar-refractivity contribution in [1.82, 2.24) is 15.4 Å². The number of hydrazone groups is 1. The first-order valence-electron chi connectivity index (χ1n) is 5.61. The van der Waals surface area contributed by atoms with Crippen LogP contribution in [0.15, 0.2) is 58.9 Å². The molecule has 96 valence electrons. The van der Waals surface area contributed by atoms with Gasteiger partial charge in [0.15, 0.2) is 0 Å². The molecule has 2 aromatic heterocycles. The van der Waals surface area contributed by atoms with E-state index in [9.17, 15) is 4.79 Å². The molecule has 2 rings (SSSR count). The minimum Gasteiger partial charge on any atom is -0.272 e. The molecule has 0 spiro atoms. The van der Waals surface area contributed by atoms with Gasteiger partial charge in [-0.1, -0.05) is 23.9 Å². The topological polar surface area (TPSA) is 67.2 Å². The van der Waals surface area contributed by atoms with E-state index in [0.29, 0.717) is 5.69 Å². The van der Waals surface area contributed by atoms with Crippen LogP contribution in [0, 0.1) is 0 Å². The first-order chi connectivity index (χ1) is 9.34. The van der Waals surface area contributed by atoms with Crippen molar-refractivity contribution in [3.05, 3.63) is 54.5 Å². The Kier molecular flexibility index (Phi) is 5.06. The van der Waals surface area contributed by atoms with Crippen molar-refractivity contribution in [3.8, 4) is 0 Å². The van der Waals surface area contributed by atoms with E-state index in [1.807, 2.05) is 30.3 Å². The lowest BCUT2D eigenvalue weighted by Crippen LogP contribution is -2.19. The molecule has 5 nitrogen and oxygen atoms in total. The average Bonchev–Trinajstić information content (AvgIpc) is 2.47. The Balaban J connectivity index is 1.75. The second-order valence-electron chi connectivity index (χ2n) is 3.50. The molecular weight excluding hydrogens is 260 g/mol. The number of thioether (sulfide) groups is 1. The summed E-state index contributed by atoms with van der Waals surface area (Å²) in [5.41, 5.74) is 3.14. The van der Waals surface area contributed by atoms with Crippen molar-refractivity contribution in [2.45, 2.75) is 5.03 Å². The first kappa shape index (κ1) is 13.2. The molecule has 0 unspecified atom stereocenters. The predicted molar refractivity (Wildman–Crippen MR) is 74.9 cm³/mol. The van der Waals surface area contributed by atoms with Crippen LogP contribution in [-0.2, 0) is 4.79 Å². The summed E-state index contributed by atoms with van der Waals surface area (Å²) in [4.78, 5) is 19.7. The molecule has 1 amide bonds. The monoisotopic (exact) mass is 272 g/mol. The van der Waals surface area contributed by atoms with Gasteiger partial charge >= 0.3 is 0 Å². The van der Waals surface area contributed by atoms with Gasteiger partial charge < -0.3 is 0 Å². The maximum atomic E-state index is 11.5. The second kappa shape index (κ2) is 7.27. The molecular formula is C13H12N4OS. The normalized spacial score (nSPS) is 10.5. The van der Waals surface area contributed by atoms with Crippen LogP contribution in [0.4, 0.5) is 0 Å². The Bertz CT molecular complexity index is 545. The third-order valence-corrected chi connectivity index (χ3v) is 3.01. The number of nitrogens with one attached hydrogen (secondary N) is 1.